The van der Waals surface area contributed by atoms with Crippen molar-refractivity contribution in [3.8, 4) is 0 Å². The van der Waals surface area contributed by atoms with Crippen molar-refractivity contribution in [2.45, 2.75) is 91.9 Å². The second kappa shape index (κ2) is 33.1. The summed E-state index contributed by atoms with van der Waals surface area (Å²) in [5, 5.41) is 8.96. The molecular formula is C44H58Cl2P2Ti2-2. The van der Waals surface area contributed by atoms with Crippen molar-refractivity contribution in [3.63, 3.8) is 0 Å². The van der Waals surface area contributed by atoms with Gasteiger partial charge in [-0.2, -0.15) is 24.3 Å². The third-order valence-electron chi connectivity index (χ3n) is 8.23. The van der Waals surface area contributed by atoms with Crippen LogP contribution in [0.1, 0.15) is 91.9 Å². The van der Waals surface area contributed by atoms with E-state index >= 15 is 0 Å². The molecule has 268 valence electrons. The Morgan fingerprint density at radius 3 is 1.12 bits per heavy atom. The maximum atomic E-state index is 2.99. The maximum absolute atomic E-state index is 2.99. The summed E-state index contributed by atoms with van der Waals surface area (Å²) in [4.78, 5) is 0. The molecule has 2 aliphatic carbocycles. The summed E-state index contributed by atoms with van der Waals surface area (Å²) in [5.74, 6) is 0. The fraction of sp³-hybridized carbons (Fsp3) is 0.409. The van der Waals surface area contributed by atoms with Crippen LogP contribution in [0.25, 0.3) is 21.5 Å². The summed E-state index contributed by atoms with van der Waals surface area (Å²) in [7, 11) is 0.171. The molecule has 0 radical (unpaired) electrons. The monoisotopic (exact) mass is 814 g/mol. The van der Waals surface area contributed by atoms with Crippen LogP contribution in [0.3, 0.4) is 0 Å². The maximum Gasteiger partial charge on any atom is 2.00 e. The summed E-state index contributed by atoms with van der Waals surface area (Å²) in [6.07, 6.45) is 36.5. The molecule has 0 saturated carbocycles. The molecule has 50 heavy (non-hydrogen) atoms. The summed E-state index contributed by atoms with van der Waals surface area (Å²) < 4.78 is 0. The first-order valence-corrected chi connectivity index (χ1v) is 21.4. The zero-order valence-corrected chi connectivity index (χ0v) is 37.4. The van der Waals surface area contributed by atoms with Gasteiger partial charge in [0.1, 0.15) is 0 Å². The van der Waals surface area contributed by atoms with E-state index in [9.17, 15) is 0 Å². The third-order valence-corrected chi connectivity index (χ3v) is 13.6. The van der Waals surface area contributed by atoms with Crippen LogP contribution in [-0.4, -0.2) is 24.6 Å². The Hall–Kier alpha value is -0.511. The molecule has 4 aromatic rings. The van der Waals surface area contributed by atoms with Gasteiger partial charge >= 0.3 is 43.4 Å². The number of rotatable bonds is 14. The van der Waals surface area contributed by atoms with Gasteiger partial charge in [0.15, 0.2) is 0 Å². The van der Waals surface area contributed by atoms with Gasteiger partial charge in [0, 0.05) is 0 Å². The van der Waals surface area contributed by atoms with E-state index in [4.69, 9.17) is 0 Å². The van der Waals surface area contributed by atoms with E-state index < -0.39 is 0 Å². The molecule has 0 amide bonds. The first kappa shape index (κ1) is 51.6. The topological polar surface area (TPSA) is 0 Å². The Morgan fingerprint density at radius 1 is 0.540 bits per heavy atom. The molecular weight excluding hydrogens is 757 g/mol. The number of unbranched alkanes of at least 4 members (excludes halogenated alkanes) is 4. The fourth-order valence-corrected chi connectivity index (χ4v) is 11.0. The Bertz CT molecular complexity index is 1270. The van der Waals surface area contributed by atoms with E-state index in [-0.39, 0.29) is 84.1 Å². The molecule has 0 aliphatic heterocycles. The number of benzene rings is 2. The van der Waals surface area contributed by atoms with Crippen molar-refractivity contribution in [2.75, 3.05) is 24.6 Å². The zero-order chi connectivity index (χ0) is 32.7. The average molecular weight is 816 g/mol. The van der Waals surface area contributed by atoms with Crippen molar-refractivity contribution in [1.82, 2.24) is 0 Å². The normalized spacial score (nSPS) is 11.8. The standard InChI is InChI=1S/2C17H24P.2C5H5.2ClH.2Ti/c2*1-3-5-11-18(12-6-4-2)17-13-15-9-7-8-10-16(15)14-17;2*1-2-4-5-3-1;;;;/h2*7-10,13-14H,3-6,11-12H2,1-2H3;2*1-3H,4H2;2*1H;;/q4*-1;;;2*+2/p-2. The molecule has 0 fully saturated rings. The van der Waals surface area contributed by atoms with Gasteiger partial charge in [-0.05, 0) is 50.3 Å². The number of halogens is 2. The third kappa shape index (κ3) is 20.1. The van der Waals surface area contributed by atoms with E-state index in [0.29, 0.717) is 0 Å². The second-order valence-corrected chi connectivity index (χ2v) is 17.1. The molecule has 2 aliphatic rings. The smallest absolute Gasteiger partial charge is 1.00 e. The fourth-order valence-electron chi connectivity index (χ4n) is 5.45. The Morgan fingerprint density at radius 2 is 0.880 bits per heavy atom. The van der Waals surface area contributed by atoms with Gasteiger partial charge in [-0.15, -0.1) is 93.5 Å². The van der Waals surface area contributed by atoms with E-state index in [0.717, 1.165) is 12.8 Å². The molecule has 0 heterocycles. The molecule has 0 atom stereocenters. The van der Waals surface area contributed by atoms with Crippen molar-refractivity contribution in [2.24, 2.45) is 0 Å². The Labute approximate surface area is 351 Å². The molecule has 4 aromatic carbocycles. The molecule has 0 saturated heterocycles. The average Bonchev–Trinajstić information content (AvgIpc) is 3.93. The molecule has 0 bridgehead atoms. The van der Waals surface area contributed by atoms with Crippen LogP contribution >= 0.6 is 15.8 Å². The van der Waals surface area contributed by atoms with Gasteiger partial charge in [0.05, 0.1) is 0 Å². The van der Waals surface area contributed by atoms with Crippen molar-refractivity contribution in [1.29, 1.82) is 0 Å². The van der Waals surface area contributed by atoms with Crippen LogP contribution in [0.2, 0.25) is 0 Å². The summed E-state index contributed by atoms with van der Waals surface area (Å²) in [6, 6.07) is 27.3. The van der Waals surface area contributed by atoms with Gasteiger partial charge in [0.25, 0.3) is 0 Å². The van der Waals surface area contributed by atoms with Gasteiger partial charge in [-0.25, -0.2) is 24.3 Å². The van der Waals surface area contributed by atoms with Gasteiger partial charge < -0.3 is 24.8 Å². The SMILES string of the molecule is CCCCP(CCCC)c1cc2ccccc2[cH-]1.CCCCP(CCCC)c1cc2ccccc2[cH-]1.[C-]1=CC=CC1.[C-]1=CC=CC1.[Cl-].[Cl-].[Ti+2].[Ti+2]. The summed E-state index contributed by atoms with van der Waals surface area (Å²) in [5.41, 5.74) is 0. The van der Waals surface area contributed by atoms with E-state index in [2.05, 4.69) is 125 Å². The van der Waals surface area contributed by atoms with Crippen molar-refractivity contribution >= 4 is 48.0 Å². The first-order valence-electron chi connectivity index (χ1n) is 17.9. The van der Waals surface area contributed by atoms with Crippen molar-refractivity contribution < 1.29 is 68.2 Å². The van der Waals surface area contributed by atoms with Crippen LogP contribution in [0.15, 0.2) is 109 Å². The number of fused-ring (bicyclic) bond motifs is 2. The van der Waals surface area contributed by atoms with E-state index in [1.165, 1.54) is 97.6 Å². The van der Waals surface area contributed by atoms with E-state index in [1.54, 1.807) is 10.6 Å². The van der Waals surface area contributed by atoms with Gasteiger partial charge in [-0.1, -0.05) is 81.4 Å². The minimum atomic E-state index is 0. The summed E-state index contributed by atoms with van der Waals surface area (Å²) >= 11 is 0. The molecule has 0 aromatic heterocycles. The molecule has 6 heteroatoms. The zero-order valence-electron chi connectivity index (χ0n) is 30.9. The molecule has 0 nitrogen and oxygen atoms in total. The molecule has 0 unspecified atom stereocenters. The molecule has 0 N–H and O–H groups in total. The largest absolute Gasteiger partial charge is 2.00 e. The van der Waals surface area contributed by atoms with E-state index in [1.807, 2.05) is 24.3 Å². The number of allylic oxidation sites excluding steroid dienone is 8. The molecule has 6 rings (SSSR count). The second-order valence-electron chi connectivity index (χ2n) is 12.1. The van der Waals surface area contributed by atoms with Crippen LogP contribution in [-0.2, 0) is 43.4 Å². The first-order chi connectivity index (χ1) is 22.7. The Balaban J connectivity index is 0. The van der Waals surface area contributed by atoms with Crippen molar-refractivity contribution in [3.05, 3.63) is 121 Å². The quantitative estimate of drug-likeness (QED) is 0.0722. The summed E-state index contributed by atoms with van der Waals surface area (Å²) in [6.45, 7) is 9.20. The minimum absolute atomic E-state index is 0. The van der Waals surface area contributed by atoms with Gasteiger partial charge in [-0.3, -0.25) is 12.2 Å². The van der Waals surface area contributed by atoms with Crippen LogP contribution in [0.5, 0.6) is 0 Å². The Kier molecular flexibility index (Phi) is 34.1. The minimum Gasteiger partial charge on any atom is -1.00 e. The van der Waals surface area contributed by atoms with Gasteiger partial charge in [0.2, 0.25) is 0 Å². The predicted octanol–water partition coefficient (Wildman–Crippen LogP) is 7.15. The predicted molar refractivity (Wildman–Crippen MR) is 214 cm³/mol. The number of hydrogen-bond donors (Lipinski definition) is 0. The molecule has 0 spiro atoms. The van der Waals surface area contributed by atoms with Crippen LogP contribution in [0, 0.1) is 12.2 Å². The number of hydrogen-bond acceptors (Lipinski definition) is 0. The van der Waals surface area contributed by atoms with Crippen LogP contribution in [0.4, 0.5) is 0 Å². The van der Waals surface area contributed by atoms with Crippen LogP contribution < -0.4 is 35.4 Å².